The first kappa shape index (κ1) is 28.6. The Kier molecular flexibility index (Phi) is 18.0. The summed E-state index contributed by atoms with van der Waals surface area (Å²) in [6.45, 7) is 9.03. The van der Waals surface area contributed by atoms with Crippen molar-refractivity contribution in [2.45, 2.75) is 124 Å². The molecule has 0 fully saturated rings. The minimum atomic E-state index is 1.09. The maximum absolute atomic E-state index is 2.45. The number of aryl methyl sites for hydroxylation is 1. The van der Waals surface area contributed by atoms with Gasteiger partial charge in [-0.25, -0.2) is 9.14 Å². The summed E-state index contributed by atoms with van der Waals surface area (Å²) in [7, 11) is 2.06. The van der Waals surface area contributed by atoms with Crippen LogP contribution < -0.4 is 4.57 Å². The molecule has 0 aliphatic rings. The lowest BCUT2D eigenvalue weighted by atomic mass is 10.0. The lowest BCUT2D eigenvalue weighted by molar-refractivity contribution is -0.671. The Morgan fingerprint density at radius 2 is 1.16 bits per heavy atom. The third-order valence-electron chi connectivity index (χ3n) is 6.67. The molecule has 0 saturated heterocycles. The lowest BCUT2D eigenvalue weighted by Gasteiger charge is -2.04. The van der Waals surface area contributed by atoms with Crippen molar-refractivity contribution < 1.29 is 9.14 Å². The number of nitrogens with zero attached hydrogens (tertiary/aromatic N) is 2. The smallest absolute Gasteiger partial charge is 0.169 e. The number of unbranched alkanes of at least 4 members (excludes halogenated alkanes) is 15. The quantitative estimate of drug-likeness (QED) is 0.109. The summed E-state index contributed by atoms with van der Waals surface area (Å²) in [5, 5.41) is 0. The molecular weight excluding hydrogens is 388 g/mol. The Bertz CT molecular complexity index is 612. The predicted molar refractivity (Wildman–Crippen MR) is 143 cm³/mol. The Balaban J connectivity index is 1.99. The van der Waals surface area contributed by atoms with Crippen LogP contribution in [0.2, 0.25) is 0 Å². The van der Waals surface area contributed by atoms with Crippen molar-refractivity contribution in [3.8, 4) is 0 Å². The Morgan fingerprint density at radius 3 is 1.59 bits per heavy atom. The van der Waals surface area contributed by atoms with Gasteiger partial charge in [-0.3, -0.25) is 0 Å². The van der Waals surface area contributed by atoms with E-state index in [0.29, 0.717) is 0 Å². The zero-order valence-electron chi connectivity index (χ0n) is 22.1. The van der Waals surface area contributed by atoms with Crippen LogP contribution in [0, 0.1) is 0 Å². The molecule has 0 radical (unpaired) electrons. The van der Waals surface area contributed by atoms with Crippen LogP contribution in [0.5, 0.6) is 0 Å². The van der Waals surface area contributed by atoms with Crippen molar-refractivity contribution in [3.63, 3.8) is 0 Å². The third-order valence-corrected chi connectivity index (χ3v) is 6.67. The van der Waals surface area contributed by atoms with Crippen LogP contribution in [0.4, 0.5) is 0 Å². The van der Waals surface area contributed by atoms with E-state index in [4.69, 9.17) is 0 Å². The van der Waals surface area contributed by atoms with Gasteiger partial charge in [0.05, 0.1) is 0 Å². The van der Waals surface area contributed by atoms with E-state index in [1.807, 2.05) is 0 Å². The highest BCUT2D eigenvalue weighted by molar-refractivity contribution is 5.81. The summed E-state index contributed by atoms with van der Waals surface area (Å²) < 4.78 is 4.53. The SMILES string of the molecule is CCCCCCCCCCCCCCCCCC/[N+](=C/C=C(\C)c1cc[n+](C)cc1)CC. The maximum atomic E-state index is 2.45. The average molecular weight is 443 g/mol. The highest BCUT2D eigenvalue weighted by atomic mass is 15.0. The molecule has 0 N–H and O–H groups in total. The molecule has 0 amide bonds. The number of pyridine rings is 1. The minimum Gasteiger partial charge on any atom is -0.236 e. The van der Waals surface area contributed by atoms with Gasteiger partial charge in [-0.15, -0.1) is 0 Å². The zero-order valence-corrected chi connectivity index (χ0v) is 22.1. The van der Waals surface area contributed by atoms with Gasteiger partial charge >= 0.3 is 0 Å². The molecule has 0 unspecified atom stereocenters. The van der Waals surface area contributed by atoms with Crippen molar-refractivity contribution in [2.75, 3.05) is 13.1 Å². The van der Waals surface area contributed by atoms with E-state index in [9.17, 15) is 0 Å². The first-order chi connectivity index (χ1) is 15.7. The van der Waals surface area contributed by atoms with Crippen molar-refractivity contribution in [1.29, 1.82) is 0 Å². The first-order valence-corrected chi connectivity index (χ1v) is 13.9. The lowest BCUT2D eigenvalue weighted by Crippen LogP contribution is -2.25. The van der Waals surface area contributed by atoms with Crippen LogP contribution in [0.25, 0.3) is 5.57 Å². The van der Waals surface area contributed by atoms with E-state index in [1.165, 1.54) is 120 Å². The summed E-state index contributed by atoms with van der Waals surface area (Å²) in [5.41, 5.74) is 2.63. The molecule has 0 bridgehead atoms. The summed E-state index contributed by atoms with van der Waals surface area (Å²) in [5.74, 6) is 0. The molecular formula is C30H54N2+2. The Hall–Kier alpha value is -1.44. The van der Waals surface area contributed by atoms with E-state index in [2.05, 4.69) is 73.8 Å². The molecule has 32 heavy (non-hydrogen) atoms. The van der Waals surface area contributed by atoms with E-state index in [1.54, 1.807) is 0 Å². The van der Waals surface area contributed by atoms with Crippen LogP contribution in [-0.4, -0.2) is 23.9 Å². The normalized spacial score (nSPS) is 12.5. The van der Waals surface area contributed by atoms with Gasteiger partial charge in [0.25, 0.3) is 0 Å². The van der Waals surface area contributed by atoms with E-state index in [-0.39, 0.29) is 0 Å². The second-order valence-electron chi connectivity index (χ2n) is 9.68. The molecule has 182 valence electrons. The molecule has 0 aliphatic heterocycles. The van der Waals surface area contributed by atoms with Gasteiger partial charge in [-0.2, -0.15) is 0 Å². The molecule has 1 aromatic heterocycles. The van der Waals surface area contributed by atoms with Gasteiger partial charge in [0.15, 0.2) is 18.6 Å². The summed E-state index contributed by atoms with van der Waals surface area (Å²) in [6, 6.07) is 4.37. The van der Waals surface area contributed by atoms with Gasteiger partial charge in [0, 0.05) is 24.6 Å². The molecule has 1 rings (SSSR count). The molecule has 2 heteroatoms. The molecule has 1 aromatic rings. The third kappa shape index (κ3) is 15.4. The Labute approximate surface area is 200 Å². The topological polar surface area (TPSA) is 6.89 Å². The van der Waals surface area contributed by atoms with Gasteiger partial charge in [-0.05, 0) is 31.4 Å². The van der Waals surface area contributed by atoms with E-state index < -0.39 is 0 Å². The highest BCUT2D eigenvalue weighted by Crippen LogP contribution is 2.14. The molecule has 1 heterocycles. The van der Waals surface area contributed by atoms with Crippen molar-refractivity contribution in [3.05, 3.63) is 36.2 Å². The van der Waals surface area contributed by atoms with Crippen LogP contribution in [-0.2, 0) is 7.05 Å². The predicted octanol–water partition coefficient (Wildman–Crippen LogP) is 8.28. The number of hydrogen-bond acceptors (Lipinski definition) is 0. The van der Waals surface area contributed by atoms with E-state index >= 15 is 0 Å². The minimum absolute atomic E-state index is 1.09. The average Bonchev–Trinajstić information content (AvgIpc) is 2.81. The molecule has 0 saturated carbocycles. The Morgan fingerprint density at radius 1 is 0.719 bits per heavy atom. The second-order valence-corrected chi connectivity index (χ2v) is 9.68. The van der Waals surface area contributed by atoms with Crippen LogP contribution in [0.3, 0.4) is 0 Å². The van der Waals surface area contributed by atoms with Crippen molar-refractivity contribution >= 4 is 11.8 Å². The van der Waals surface area contributed by atoms with Crippen molar-refractivity contribution in [1.82, 2.24) is 0 Å². The van der Waals surface area contributed by atoms with Gasteiger partial charge < -0.3 is 0 Å². The standard InChI is InChI=1S/C30H54N2/c1-5-7-8-9-10-11-12-13-14-15-16-17-18-19-20-21-25-32(6-2)28-22-29(3)30-23-26-31(4)27-24-30/h22-24,26-28H,5-21,25H2,1-4H3/q+2/b29-22+,32-28+. The van der Waals surface area contributed by atoms with Crippen LogP contribution >= 0.6 is 0 Å². The largest absolute Gasteiger partial charge is 0.236 e. The molecule has 0 atom stereocenters. The summed E-state index contributed by atoms with van der Waals surface area (Å²) >= 11 is 0. The number of rotatable bonds is 20. The molecule has 0 aliphatic carbocycles. The van der Waals surface area contributed by atoms with E-state index in [0.717, 1.165) is 6.54 Å². The second kappa shape index (κ2) is 20.2. The van der Waals surface area contributed by atoms with Gasteiger partial charge in [-0.1, -0.05) is 96.8 Å². The van der Waals surface area contributed by atoms with Crippen LogP contribution in [0.1, 0.15) is 129 Å². The highest BCUT2D eigenvalue weighted by Gasteiger charge is 2.02. The fraction of sp³-hybridized carbons (Fsp3) is 0.733. The molecule has 0 spiro atoms. The zero-order chi connectivity index (χ0) is 23.3. The van der Waals surface area contributed by atoms with Crippen LogP contribution in [0.15, 0.2) is 30.6 Å². The van der Waals surface area contributed by atoms with Gasteiger partial charge in [0.2, 0.25) is 0 Å². The van der Waals surface area contributed by atoms with Crippen molar-refractivity contribution in [2.24, 2.45) is 7.05 Å². The fourth-order valence-corrected chi connectivity index (χ4v) is 4.28. The van der Waals surface area contributed by atoms with Gasteiger partial charge in [0.1, 0.15) is 20.1 Å². The molecule has 0 aromatic carbocycles. The maximum Gasteiger partial charge on any atom is 0.169 e. The number of aromatic nitrogens is 1. The molecule has 2 nitrogen and oxygen atoms in total. The number of allylic oxidation sites excluding steroid dienone is 2. The fourth-order valence-electron chi connectivity index (χ4n) is 4.28. The summed E-state index contributed by atoms with van der Waals surface area (Å²) in [4.78, 5) is 0. The number of hydrogen-bond donors (Lipinski definition) is 0. The summed E-state index contributed by atoms with van der Waals surface area (Å²) in [6.07, 6.45) is 31.7. The monoisotopic (exact) mass is 442 g/mol. The first-order valence-electron chi connectivity index (χ1n) is 13.9.